The molecule has 1 aromatic carbocycles. The van der Waals surface area contributed by atoms with E-state index < -0.39 is 0 Å². The van der Waals surface area contributed by atoms with E-state index in [-0.39, 0.29) is 12.5 Å². The Morgan fingerprint density at radius 2 is 2.00 bits per heavy atom. The predicted octanol–water partition coefficient (Wildman–Crippen LogP) is 4.37. The molecule has 1 heterocycles. The number of carbonyl (C=O) groups excluding carboxylic acids is 1. The molecular formula is C25H34N4O. The molecule has 0 fully saturated rings. The summed E-state index contributed by atoms with van der Waals surface area (Å²) in [6.07, 6.45) is 9.94. The van der Waals surface area contributed by atoms with Crippen LogP contribution in [0.5, 0.6) is 0 Å². The third-order valence-electron chi connectivity index (χ3n) is 4.88. The van der Waals surface area contributed by atoms with E-state index in [4.69, 9.17) is 4.98 Å². The average molecular weight is 407 g/mol. The van der Waals surface area contributed by atoms with Gasteiger partial charge in [-0.3, -0.25) is 4.79 Å². The van der Waals surface area contributed by atoms with Crippen molar-refractivity contribution in [1.29, 1.82) is 0 Å². The van der Waals surface area contributed by atoms with E-state index in [0.717, 1.165) is 17.2 Å². The summed E-state index contributed by atoms with van der Waals surface area (Å²) in [6.45, 7) is 12.3. The smallest absolute Gasteiger partial charge is 0.236 e. The van der Waals surface area contributed by atoms with Crippen LogP contribution in [-0.4, -0.2) is 40.5 Å². The Balaban J connectivity index is 2.10. The summed E-state index contributed by atoms with van der Waals surface area (Å²) in [4.78, 5) is 19.0. The highest BCUT2D eigenvalue weighted by Gasteiger charge is 2.15. The maximum absolute atomic E-state index is 12.5. The van der Waals surface area contributed by atoms with Crippen LogP contribution in [0.4, 0.5) is 0 Å². The third kappa shape index (κ3) is 6.56. The van der Waals surface area contributed by atoms with E-state index in [1.54, 1.807) is 4.90 Å². The maximum atomic E-state index is 12.5. The Morgan fingerprint density at radius 3 is 2.63 bits per heavy atom. The van der Waals surface area contributed by atoms with Crippen LogP contribution in [0.25, 0.3) is 12.2 Å². The number of nitrogens with one attached hydrogen (secondary N) is 1. The quantitative estimate of drug-likeness (QED) is 0.564. The van der Waals surface area contributed by atoms with Crippen molar-refractivity contribution in [3.05, 3.63) is 77.9 Å². The van der Waals surface area contributed by atoms with Gasteiger partial charge in [0, 0.05) is 20.1 Å². The van der Waals surface area contributed by atoms with Crippen LogP contribution in [0.15, 0.2) is 55.1 Å². The fraction of sp³-hybridized carbons (Fsp3) is 0.360. The topological polar surface area (TPSA) is 50.2 Å². The number of benzene rings is 1. The highest BCUT2D eigenvalue weighted by Crippen LogP contribution is 2.18. The summed E-state index contributed by atoms with van der Waals surface area (Å²) in [7, 11) is 1.85. The van der Waals surface area contributed by atoms with Crippen molar-refractivity contribution >= 4 is 18.1 Å². The third-order valence-corrected chi connectivity index (χ3v) is 4.88. The van der Waals surface area contributed by atoms with Crippen LogP contribution in [-0.2, 0) is 17.9 Å². The monoisotopic (exact) mass is 406 g/mol. The van der Waals surface area contributed by atoms with Gasteiger partial charge in [0.15, 0.2) is 0 Å². The van der Waals surface area contributed by atoms with Gasteiger partial charge in [0.1, 0.15) is 5.82 Å². The van der Waals surface area contributed by atoms with E-state index in [2.05, 4.69) is 41.6 Å². The Kier molecular flexibility index (Phi) is 9.29. The van der Waals surface area contributed by atoms with E-state index in [9.17, 15) is 4.79 Å². The summed E-state index contributed by atoms with van der Waals surface area (Å²) in [5.74, 6) is 1.30. The van der Waals surface area contributed by atoms with Crippen LogP contribution in [0.2, 0.25) is 0 Å². The zero-order chi connectivity index (χ0) is 21.9. The molecule has 0 aliphatic heterocycles. The van der Waals surface area contributed by atoms with E-state index in [1.807, 2.05) is 63.4 Å². The second-order valence-electron chi connectivity index (χ2n) is 7.46. The number of rotatable bonds is 11. The summed E-state index contributed by atoms with van der Waals surface area (Å²) >= 11 is 0. The first kappa shape index (κ1) is 23.4. The summed E-state index contributed by atoms with van der Waals surface area (Å²) in [6, 6.07) is 10.3. The minimum atomic E-state index is 0.0742. The molecule has 0 radical (unpaired) electrons. The van der Waals surface area contributed by atoms with Gasteiger partial charge in [-0.1, -0.05) is 62.1 Å². The number of carbonyl (C=O) groups is 1. The van der Waals surface area contributed by atoms with Crippen LogP contribution < -0.4 is 5.32 Å². The summed E-state index contributed by atoms with van der Waals surface area (Å²) in [5.41, 5.74) is 3.07. The first-order chi connectivity index (χ1) is 14.5. The van der Waals surface area contributed by atoms with Crippen molar-refractivity contribution in [3.63, 3.8) is 0 Å². The first-order valence-electron chi connectivity index (χ1n) is 10.5. The Hall–Kier alpha value is -2.92. The number of imidazole rings is 1. The number of allylic oxidation sites excluding steroid dienone is 2. The molecule has 1 N–H and O–H groups in total. The zero-order valence-corrected chi connectivity index (χ0v) is 18.6. The first-order valence-corrected chi connectivity index (χ1v) is 10.5. The lowest BCUT2D eigenvalue weighted by molar-refractivity contribution is -0.129. The van der Waals surface area contributed by atoms with Crippen molar-refractivity contribution in [2.24, 2.45) is 5.92 Å². The molecule has 0 aliphatic carbocycles. The van der Waals surface area contributed by atoms with Gasteiger partial charge in [0.2, 0.25) is 5.91 Å². The Morgan fingerprint density at radius 1 is 1.27 bits per heavy atom. The van der Waals surface area contributed by atoms with Crippen molar-refractivity contribution in [2.75, 3.05) is 20.1 Å². The second kappa shape index (κ2) is 11.9. The van der Waals surface area contributed by atoms with Crippen LogP contribution in [0, 0.1) is 5.92 Å². The molecule has 5 heteroatoms. The molecule has 1 amide bonds. The van der Waals surface area contributed by atoms with Crippen LogP contribution in [0.3, 0.4) is 0 Å². The number of likely N-dealkylation sites (N-methyl/N-ethyl adjacent to an activating group) is 1. The van der Waals surface area contributed by atoms with E-state index in [1.165, 1.54) is 5.56 Å². The van der Waals surface area contributed by atoms with E-state index in [0.29, 0.717) is 25.6 Å². The molecule has 2 aromatic rings. The molecule has 5 nitrogen and oxygen atoms in total. The van der Waals surface area contributed by atoms with Crippen molar-refractivity contribution in [3.8, 4) is 0 Å². The molecular weight excluding hydrogens is 372 g/mol. The molecule has 0 spiro atoms. The fourth-order valence-electron chi connectivity index (χ4n) is 3.45. The van der Waals surface area contributed by atoms with Crippen molar-refractivity contribution in [1.82, 2.24) is 19.8 Å². The van der Waals surface area contributed by atoms with Gasteiger partial charge in [-0.15, -0.1) is 0 Å². The van der Waals surface area contributed by atoms with Crippen molar-refractivity contribution < 1.29 is 4.79 Å². The minimum absolute atomic E-state index is 0.0742. The van der Waals surface area contributed by atoms with Gasteiger partial charge in [0.05, 0.1) is 24.5 Å². The molecule has 0 saturated heterocycles. The summed E-state index contributed by atoms with van der Waals surface area (Å²) < 4.78 is 2.16. The van der Waals surface area contributed by atoms with Crippen LogP contribution >= 0.6 is 0 Å². The number of nitrogens with zero attached hydrogens (tertiary/aromatic N) is 3. The molecule has 1 unspecified atom stereocenters. The number of amides is 1. The van der Waals surface area contributed by atoms with Gasteiger partial charge in [-0.25, -0.2) is 4.98 Å². The van der Waals surface area contributed by atoms with Gasteiger partial charge < -0.3 is 14.8 Å². The normalized spacial score (nSPS) is 12.5. The lowest BCUT2D eigenvalue weighted by Gasteiger charge is -2.20. The van der Waals surface area contributed by atoms with Gasteiger partial charge in [0.25, 0.3) is 0 Å². The maximum Gasteiger partial charge on any atom is 0.236 e. The Bertz CT molecular complexity index is 880. The molecule has 0 aliphatic rings. The molecule has 2 rings (SSSR count). The lowest BCUT2D eigenvalue weighted by Crippen LogP contribution is -2.37. The Labute approximate surface area is 180 Å². The molecule has 30 heavy (non-hydrogen) atoms. The highest BCUT2D eigenvalue weighted by molar-refractivity contribution is 5.78. The molecule has 0 saturated carbocycles. The minimum Gasteiger partial charge on any atom is -0.344 e. The molecule has 1 aromatic heterocycles. The predicted molar refractivity (Wildman–Crippen MR) is 126 cm³/mol. The van der Waals surface area contributed by atoms with Crippen LogP contribution in [0.1, 0.15) is 43.5 Å². The van der Waals surface area contributed by atoms with Gasteiger partial charge in [-0.05, 0) is 37.5 Å². The molecule has 0 bridgehead atoms. The number of hydrogen-bond donors (Lipinski definition) is 1. The standard InChI is InChI=1S/C25H34N4O/c1-6-12-20(4)18-28(5)25(30)17-26-16-24-27-22(13-7-2)23(8-3)29(24)19-21-14-10-9-11-15-21/h6-15,20,26H,3,16-19H2,1-2,4-5H3/b12-6-,13-7-. The summed E-state index contributed by atoms with van der Waals surface area (Å²) in [5, 5.41) is 3.27. The van der Waals surface area contributed by atoms with E-state index >= 15 is 0 Å². The highest BCUT2D eigenvalue weighted by atomic mass is 16.2. The second-order valence-corrected chi connectivity index (χ2v) is 7.46. The fourth-order valence-corrected chi connectivity index (χ4v) is 3.45. The number of hydrogen-bond acceptors (Lipinski definition) is 3. The molecule has 160 valence electrons. The largest absolute Gasteiger partial charge is 0.344 e. The van der Waals surface area contributed by atoms with Gasteiger partial charge in [-0.2, -0.15) is 0 Å². The van der Waals surface area contributed by atoms with Gasteiger partial charge >= 0.3 is 0 Å². The lowest BCUT2D eigenvalue weighted by atomic mass is 10.1. The molecule has 1 atom stereocenters. The van der Waals surface area contributed by atoms with Crippen molar-refractivity contribution in [2.45, 2.75) is 33.9 Å². The average Bonchev–Trinajstić information content (AvgIpc) is 3.05. The SMILES string of the molecule is C=Cc1c(/C=C\C)nc(CNCC(=O)N(C)CC(C)/C=C\C)n1Cc1ccccc1. The zero-order valence-electron chi connectivity index (χ0n) is 18.6. The number of aromatic nitrogens is 2.